The molecule has 0 aliphatic carbocycles. The lowest BCUT2D eigenvalue weighted by Crippen LogP contribution is -1.92. The number of aromatic nitrogens is 1. The molecule has 84 valence electrons. The first-order valence-corrected chi connectivity index (χ1v) is 6.37. The molecule has 0 radical (unpaired) electrons. The predicted molar refractivity (Wildman–Crippen MR) is 68.6 cm³/mol. The van der Waals surface area contributed by atoms with Gasteiger partial charge in [-0.3, -0.25) is 0 Å². The third-order valence-electron chi connectivity index (χ3n) is 2.12. The van der Waals surface area contributed by atoms with Crippen molar-refractivity contribution in [1.82, 2.24) is 4.98 Å². The highest BCUT2D eigenvalue weighted by Gasteiger charge is 2.08. The van der Waals surface area contributed by atoms with Crippen LogP contribution in [-0.2, 0) is 6.42 Å². The monoisotopic (exact) mass is 300 g/mol. The van der Waals surface area contributed by atoms with Crippen LogP contribution in [0, 0.1) is 5.82 Å². The van der Waals surface area contributed by atoms with Crippen molar-refractivity contribution < 1.29 is 4.39 Å². The Kier molecular flexibility index (Phi) is 3.56. The first-order valence-electron chi connectivity index (χ1n) is 4.76. The van der Waals surface area contributed by atoms with Crippen molar-refractivity contribution in [2.45, 2.75) is 6.42 Å². The van der Waals surface area contributed by atoms with Gasteiger partial charge in [0.1, 0.15) is 5.82 Å². The molecule has 1 aromatic carbocycles. The van der Waals surface area contributed by atoms with Crippen LogP contribution < -0.4 is 5.32 Å². The summed E-state index contributed by atoms with van der Waals surface area (Å²) in [5, 5.41) is 3.85. The Bertz CT molecular complexity index is 498. The molecule has 0 amide bonds. The van der Waals surface area contributed by atoms with Gasteiger partial charge in [-0.05, 0) is 33.6 Å². The normalized spacial score (nSPS) is 10.4. The zero-order valence-electron chi connectivity index (χ0n) is 8.63. The molecule has 0 bridgehead atoms. The zero-order chi connectivity index (χ0) is 11.5. The van der Waals surface area contributed by atoms with E-state index in [9.17, 15) is 4.39 Å². The lowest BCUT2D eigenvalue weighted by Gasteiger charge is -1.99. The lowest BCUT2D eigenvalue weighted by atomic mass is 10.1. The predicted octanol–water partition coefficient (Wildman–Crippen LogP) is 3.68. The van der Waals surface area contributed by atoms with Crippen molar-refractivity contribution in [3.05, 3.63) is 45.1 Å². The number of hydrogen-bond donors (Lipinski definition) is 1. The van der Waals surface area contributed by atoms with E-state index in [2.05, 4.69) is 26.2 Å². The molecule has 0 spiro atoms. The minimum atomic E-state index is -0.210. The highest BCUT2D eigenvalue weighted by atomic mass is 79.9. The molecule has 2 aromatic rings. The second-order valence-corrected chi connectivity index (χ2v) is 5.61. The van der Waals surface area contributed by atoms with E-state index >= 15 is 0 Å². The molecule has 1 heterocycles. The SMILES string of the molecule is CNc1nc(Cc2cccc(F)c2)c(Br)s1. The average molecular weight is 301 g/mol. The van der Waals surface area contributed by atoms with Gasteiger partial charge >= 0.3 is 0 Å². The van der Waals surface area contributed by atoms with Crippen LogP contribution in [0.25, 0.3) is 0 Å². The number of rotatable bonds is 3. The molecule has 1 aromatic heterocycles. The first kappa shape index (κ1) is 11.5. The number of nitrogens with zero attached hydrogens (tertiary/aromatic N) is 1. The summed E-state index contributed by atoms with van der Waals surface area (Å²) in [4.78, 5) is 4.39. The molecule has 0 saturated carbocycles. The van der Waals surface area contributed by atoms with Gasteiger partial charge in [-0.25, -0.2) is 9.37 Å². The first-order chi connectivity index (χ1) is 7.69. The van der Waals surface area contributed by atoms with E-state index in [1.807, 2.05) is 13.1 Å². The number of anilines is 1. The molecule has 0 aliphatic heterocycles. The molecule has 0 atom stereocenters. The van der Waals surface area contributed by atoms with Crippen molar-refractivity contribution in [3.63, 3.8) is 0 Å². The van der Waals surface area contributed by atoms with E-state index in [0.29, 0.717) is 6.42 Å². The third-order valence-corrected chi connectivity index (χ3v) is 3.97. The maximum absolute atomic E-state index is 13.0. The Hall–Kier alpha value is -0.940. The minimum Gasteiger partial charge on any atom is -0.365 e. The second kappa shape index (κ2) is 4.93. The summed E-state index contributed by atoms with van der Waals surface area (Å²) in [6.45, 7) is 0. The average Bonchev–Trinajstić information content (AvgIpc) is 2.60. The molecule has 16 heavy (non-hydrogen) atoms. The smallest absolute Gasteiger partial charge is 0.183 e. The van der Waals surface area contributed by atoms with Crippen LogP contribution >= 0.6 is 27.3 Å². The lowest BCUT2D eigenvalue weighted by molar-refractivity contribution is 0.626. The van der Waals surface area contributed by atoms with Crippen molar-refractivity contribution in [2.24, 2.45) is 0 Å². The molecule has 0 aliphatic rings. The van der Waals surface area contributed by atoms with Gasteiger partial charge in [-0.1, -0.05) is 23.5 Å². The Morgan fingerprint density at radius 3 is 2.94 bits per heavy atom. The van der Waals surface area contributed by atoms with Crippen LogP contribution in [0.1, 0.15) is 11.3 Å². The van der Waals surface area contributed by atoms with E-state index in [0.717, 1.165) is 20.2 Å². The number of nitrogens with one attached hydrogen (secondary N) is 1. The zero-order valence-corrected chi connectivity index (χ0v) is 11.0. The Morgan fingerprint density at radius 1 is 1.50 bits per heavy atom. The number of halogens is 2. The van der Waals surface area contributed by atoms with Gasteiger partial charge in [0.2, 0.25) is 0 Å². The molecule has 2 rings (SSSR count). The van der Waals surface area contributed by atoms with Crippen molar-refractivity contribution >= 4 is 32.4 Å². The molecule has 5 heteroatoms. The van der Waals surface area contributed by atoms with Crippen molar-refractivity contribution in [2.75, 3.05) is 12.4 Å². The molecule has 1 N–H and O–H groups in total. The number of hydrogen-bond acceptors (Lipinski definition) is 3. The standard InChI is InChI=1S/C11H10BrFN2S/c1-14-11-15-9(10(12)16-11)6-7-3-2-4-8(13)5-7/h2-5H,6H2,1H3,(H,14,15). The Labute approximate surface area is 106 Å². The van der Waals surface area contributed by atoms with Gasteiger partial charge in [-0.15, -0.1) is 0 Å². The van der Waals surface area contributed by atoms with E-state index < -0.39 is 0 Å². The summed E-state index contributed by atoms with van der Waals surface area (Å²) >= 11 is 4.99. The molecule has 0 fully saturated rings. The largest absolute Gasteiger partial charge is 0.365 e. The molecule has 0 unspecified atom stereocenters. The number of thiazole rings is 1. The second-order valence-electron chi connectivity index (χ2n) is 3.30. The van der Waals surface area contributed by atoms with Crippen LogP contribution in [0.5, 0.6) is 0 Å². The van der Waals surface area contributed by atoms with Crippen LogP contribution in [0.4, 0.5) is 9.52 Å². The van der Waals surface area contributed by atoms with Gasteiger partial charge in [0.25, 0.3) is 0 Å². The third kappa shape index (κ3) is 2.59. The number of benzene rings is 1. The van der Waals surface area contributed by atoms with Crippen LogP contribution in [0.15, 0.2) is 28.1 Å². The van der Waals surface area contributed by atoms with Gasteiger partial charge in [0, 0.05) is 13.5 Å². The molecular formula is C11H10BrFN2S. The Balaban J connectivity index is 2.23. The van der Waals surface area contributed by atoms with E-state index in [4.69, 9.17) is 0 Å². The van der Waals surface area contributed by atoms with E-state index in [-0.39, 0.29) is 5.82 Å². The highest BCUT2D eigenvalue weighted by Crippen LogP contribution is 2.29. The van der Waals surface area contributed by atoms with Gasteiger partial charge < -0.3 is 5.32 Å². The van der Waals surface area contributed by atoms with Gasteiger partial charge in [0.15, 0.2) is 5.13 Å². The summed E-state index contributed by atoms with van der Waals surface area (Å²) in [6.07, 6.45) is 0.635. The summed E-state index contributed by atoms with van der Waals surface area (Å²) in [5.41, 5.74) is 1.86. The fraction of sp³-hybridized carbons (Fsp3) is 0.182. The fourth-order valence-corrected chi connectivity index (χ4v) is 2.74. The summed E-state index contributed by atoms with van der Waals surface area (Å²) in [7, 11) is 1.83. The fourth-order valence-electron chi connectivity index (χ4n) is 1.39. The van der Waals surface area contributed by atoms with E-state index in [1.165, 1.54) is 23.5 Å². The van der Waals surface area contributed by atoms with Crippen molar-refractivity contribution in [1.29, 1.82) is 0 Å². The van der Waals surface area contributed by atoms with Gasteiger partial charge in [0.05, 0.1) is 9.48 Å². The van der Waals surface area contributed by atoms with Crippen LogP contribution in [0.3, 0.4) is 0 Å². The molecule has 2 nitrogen and oxygen atoms in total. The van der Waals surface area contributed by atoms with Crippen molar-refractivity contribution in [3.8, 4) is 0 Å². The summed E-state index contributed by atoms with van der Waals surface area (Å²) < 4.78 is 14.0. The van der Waals surface area contributed by atoms with E-state index in [1.54, 1.807) is 6.07 Å². The van der Waals surface area contributed by atoms with Crippen LogP contribution in [-0.4, -0.2) is 12.0 Å². The maximum Gasteiger partial charge on any atom is 0.183 e. The maximum atomic E-state index is 13.0. The van der Waals surface area contributed by atoms with Crippen LogP contribution in [0.2, 0.25) is 0 Å². The highest BCUT2D eigenvalue weighted by molar-refractivity contribution is 9.11. The topological polar surface area (TPSA) is 24.9 Å². The molecular weight excluding hydrogens is 291 g/mol. The quantitative estimate of drug-likeness (QED) is 0.935. The summed E-state index contributed by atoms with van der Waals surface area (Å²) in [5.74, 6) is -0.210. The molecule has 0 saturated heterocycles. The van der Waals surface area contributed by atoms with Gasteiger partial charge in [-0.2, -0.15) is 0 Å². The minimum absolute atomic E-state index is 0.210. The summed E-state index contributed by atoms with van der Waals surface area (Å²) in [6, 6.07) is 6.58. The Morgan fingerprint density at radius 2 is 2.31 bits per heavy atom.